The van der Waals surface area contributed by atoms with E-state index in [1.54, 1.807) is 0 Å². The van der Waals surface area contributed by atoms with Crippen LogP contribution in [-0.4, -0.2) is 24.1 Å². The molecule has 0 atom stereocenters. The fourth-order valence-electron chi connectivity index (χ4n) is 3.87. The first-order valence-electron chi connectivity index (χ1n) is 8.10. The van der Waals surface area contributed by atoms with Gasteiger partial charge in [-0.15, -0.1) is 0 Å². The zero-order valence-electron chi connectivity index (χ0n) is 13.1. The van der Waals surface area contributed by atoms with Crippen LogP contribution in [0.4, 0.5) is 4.79 Å². The first-order valence-corrected chi connectivity index (χ1v) is 8.10. The first-order chi connectivity index (χ1) is 10.1. The number of nitrogens with zero attached hydrogens (tertiary/aromatic N) is 1. The smallest absolute Gasteiger partial charge is 0.410 e. The van der Waals surface area contributed by atoms with E-state index in [0.717, 1.165) is 19.4 Å². The molecule has 114 valence electrons. The van der Waals surface area contributed by atoms with Gasteiger partial charge in [-0.1, -0.05) is 50.6 Å². The molecule has 0 N–H and O–H groups in total. The number of hydrogen-bond acceptors (Lipinski definition) is 2. The molecule has 2 aliphatic rings. The van der Waals surface area contributed by atoms with E-state index < -0.39 is 0 Å². The number of amides is 1. The Morgan fingerprint density at radius 1 is 1.14 bits per heavy atom. The summed E-state index contributed by atoms with van der Waals surface area (Å²) in [5, 5.41) is 0. The largest absolute Gasteiger partial charge is 0.448 e. The molecule has 0 bridgehead atoms. The Kier molecular flexibility index (Phi) is 3.68. The highest BCUT2D eigenvalue weighted by Gasteiger charge is 2.48. The third-order valence-corrected chi connectivity index (χ3v) is 5.73. The van der Waals surface area contributed by atoms with Crippen molar-refractivity contribution in [2.75, 3.05) is 13.2 Å². The monoisotopic (exact) mass is 287 g/mol. The number of carbonyl (C=O) groups excluding carboxylic acids is 1. The van der Waals surface area contributed by atoms with Crippen LogP contribution in [0.15, 0.2) is 30.3 Å². The number of ether oxygens (including phenoxy) is 1. The number of carbonyl (C=O) groups is 1. The van der Waals surface area contributed by atoms with Gasteiger partial charge in [0.2, 0.25) is 0 Å². The lowest BCUT2D eigenvalue weighted by atomic mass is 9.64. The molecule has 1 saturated carbocycles. The van der Waals surface area contributed by atoms with Gasteiger partial charge in [0.15, 0.2) is 0 Å². The van der Waals surface area contributed by atoms with Crippen LogP contribution >= 0.6 is 0 Å². The minimum Gasteiger partial charge on any atom is -0.448 e. The standard InChI is InChI=1S/C18H25NO2/c1-3-17(2)9-11-18(12-10-17,15-7-5-4-6-8-15)19-13-14-21-16(19)20/h4-8H,3,9-14H2,1-2H3. The van der Waals surface area contributed by atoms with E-state index in [-0.39, 0.29) is 11.6 Å². The molecular formula is C18H25NO2. The number of benzene rings is 1. The first kappa shape index (κ1) is 14.4. The molecule has 0 unspecified atom stereocenters. The molecule has 0 radical (unpaired) electrons. The predicted molar refractivity (Wildman–Crippen MR) is 83.0 cm³/mol. The van der Waals surface area contributed by atoms with Crippen molar-refractivity contribution < 1.29 is 9.53 Å². The van der Waals surface area contributed by atoms with Gasteiger partial charge < -0.3 is 4.74 Å². The molecule has 1 aliphatic carbocycles. The molecule has 0 aromatic heterocycles. The number of cyclic esters (lactones) is 1. The second kappa shape index (κ2) is 5.36. The molecule has 1 aromatic carbocycles. The van der Waals surface area contributed by atoms with Gasteiger partial charge in [0.05, 0.1) is 12.1 Å². The van der Waals surface area contributed by atoms with Gasteiger partial charge in [-0.05, 0) is 36.7 Å². The summed E-state index contributed by atoms with van der Waals surface area (Å²) >= 11 is 0. The second-order valence-electron chi connectivity index (χ2n) is 6.83. The van der Waals surface area contributed by atoms with Crippen LogP contribution < -0.4 is 0 Å². The zero-order valence-corrected chi connectivity index (χ0v) is 13.1. The van der Waals surface area contributed by atoms with Crippen molar-refractivity contribution in [3.63, 3.8) is 0 Å². The number of rotatable bonds is 3. The van der Waals surface area contributed by atoms with Gasteiger partial charge in [-0.2, -0.15) is 0 Å². The quantitative estimate of drug-likeness (QED) is 0.828. The maximum Gasteiger partial charge on any atom is 0.410 e. The fourth-order valence-corrected chi connectivity index (χ4v) is 3.87. The maximum atomic E-state index is 12.2. The van der Waals surface area contributed by atoms with Crippen LogP contribution in [0.5, 0.6) is 0 Å². The average Bonchev–Trinajstić information content (AvgIpc) is 2.96. The van der Waals surface area contributed by atoms with Crippen LogP contribution in [0.2, 0.25) is 0 Å². The molecule has 1 saturated heterocycles. The predicted octanol–water partition coefficient (Wildman–Crippen LogP) is 4.32. The van der Waals surface area contributed by atoms with Gasteiger partial charge >= 0.3 is 6.09 Å². The molecule has 3 nitrogen and oxygen atoms in total. The second-order valence-corrected chi connectivity index (χ2v) is 6.83. The molecule has 1 heterocycles. The minimum atomic E-state index is -0.163. The van der Waals surface area contributed by atoms with Crippen molar-refractivity contribution >= 4 is 6.09 Å². The third-order valence-electron chi connectivity index (χ3n) is 5.73. The van der Waals surface area contributed by atoms with Crippen molar-refractivity contribution in [3.8, 4) is 0 Å². The summed E-state index contributed by atoms with van der Waals surface area (Å²) in [5.74, 6) is 0. The van der Waals surface area contributed by atoms with Gasteiger partial charge in [0, 0.05) is 0 Å². The number of hydrogen-bond donors (Lipinski definition) is 0. The van der Waals surface area contributed by atoms with Crippen molar-refractivity contribution in [1.29, 1.82) is 0 Å². The SMILES string of the molecule is CCC1(C)CCC(c2ccccc2)(N2CCOC2=O)CC1. The van der Waals surface area contributed by atoms with Gasteiger partial charge in [0.1, 0.15) is 6.61 Å². The van der Waals surface area contributed by atoms with Crippen molar-refractivity contribution in [1.82, 2.24) is 4.90 Å². The summed E-state index contributed by atoms with van der Waals surface area (Å²) in [6, 6.07) is 10.5. The Bertz CT molecular complexity index is 503. The van der Waals surface area contributed by atoms with E-state index >= 15 is 0 Å². The van der Waals surface area contributed by atoms with Crippen LogP contribution in [0, 0.1) is 5.41 Å². The molecule has 3 rings (SSSR count). The Hall–Kier alpha value is -1.51. The Balaban J connectivity index is 1.95. The molecular weight excluding hydrogens is 262 g/mol. The summed E-state index contributed by atoms with van der Waals surface area (Å²) in [6.07, 6.45) is 5.48. The summed E-state index contributed by atoms with van der Waals surface area (Å²) < 4.78 is 5.23. The van der Waals surface area contributed by atoms with E-state index in [4.69, 9.17) is 4.74 Å². The van der Waals surface area contributed by atoms with E-state index in [1.165, 1.54) is 24.8 Å². The van der Waals surface area contributed by atoms with E-state index in [0.29, 0.717) is 12.0 Å². The summed E-state index contributed by atoms with van der Waals surface area (Å²) in [6.45, 7) is 5.90. The molecule has 2 fully saturated rings. The van der Waals surface area contributed by atoms with Crippen LogP contribution in [0.3, 0.4) is 0 Å². The van der Waals surface area contributed by atoms with E-state index in [9.17, 15) is 4.79 Å². The fraction of sp³-hybridized carbons (Fsp3) is 0.611. The molecule has 21 heavy (non-hydrogen) atoms. The van der Waals surface area contributed by atoms with Crippen molar-refractivity contribution in [2.24, 2.45) is 5.41 Å². The van der Waals surface area contributed by atoms with Crippen molar-refractivity contribution in [3.05, 3.63) is 35.9 Å². The van der Waals surface area contributed by atoms with Crippen LogP contribution in [0.1, 0.15) is 51.5 Å². The molecule has 1 aromatic rings. The topological polar surface area (TPSA) is 29.5 Å². The lowest BCUT2D eigenvalue weighted by molar-refractivity contribution is 0.0376. The third kappa shape index (κ3) is 2.43. The Labute approximate surface area is 127 Å². The van der Waals surface area contributed by atoms with E-state index in [1.807, 2.05) is 11.0 Å². The Morgan fingerprint density at radius 2 is 1.81 bits per heavy atom. The van der Waals surface area contributed by atoms with Gasteiger partial charge in [0.25, 0.3) is 0 Å². The lowest BCUT2D eigenvalue weighted by Crippen LogP contribution is -2.50. The zero-order chi connectivity index (χ0) is 14.9. The van der Waals surface area contributed by atoms with Crippen molar-refractivity contribution in [2.45, 2.75) is 51.5 Å². The minimum absolute atomic E-state index is 0.140. The average molecular weight is 287 g/mol. The van der Waals surface area contributed by atoms with E-state index in [2.05, 4.69) is 38.1 Å². The molecule has 1 amide bonds. The summed E-state index contributed by atoms with van der Waals surface area (Å²) in [5.41, 5.74) is 1.52. The normalized spacial score (nSPS) is 33.0. The van der Waals surface area contributed by atoms with Crippen LogP contribution in [0.25, 0.3) is 0 Å². The van der Waals surface area contributed by atoms with Crippen LogP contribution in [-0.2, 0) is 10.3 Å². The maximum absolute atomic E-state index is 12.2. The summed E-state index contributed by atoms with van der Waals surface area (Å²) in [4.78, 5) is 14.2. The molecule has 1 aliphatic heterocycles. The summed E-state index contributed by atoms with van der Waals surface area (Å²) in [7, 11) is 0. The lowest BCUT2D eigenvalue weighted by Gasteiger charge is -2.49. The Morgan fingerprint density at radius 3 is 2.33 bits per heavy atom. The highest BCUT2D eigenvalue weighted by molar-refractivity contribution is 5.71. The molecule has 0 spiro atoms. The highest BCUT2D eigenvalue weighted by Crippen LogP contribution is 2.50. The molecule has 3 heteroatoms. The van der Waals surface area contributed by atoms with Gasteiger partial charge in [-0.25, -0.2) is 4.79 Å². The highest BCUT2D eigenvalue weighted by atomic mass is 16.6. The van der Waals surface area contributed by atoms with Gasteiger partial charge in [-0.3, -0.25) is 4.90 Å².